The molecule has 18 heavy (non-hydrogen) atoms. The number of nitrogens with one attached hydrogen (secondary N) is 1. The summed E-state index contributed by atoms with van der Waals surface area (Å²) >= 11 is 0. The van der Waals surface area contributed by atoms with Gasteiger partial charge in [0.1, 0.15) is 0 Å². The van der Waals surface area contributed by atoms with Gasteiger partial charge in [0.2, 0.25) is 0 Å². The zero-order valence-corrected chi connectivity index (χ0v) is 11.7. The van der Waals surface area contributed by atoms with Gasteiger partial charge < -0.3 is 10.1 Å². The van der Waals surface area contributed by atoms with Crippen LogP contribution in [0.4, 0.5) is 0 Å². The monoisotopic (exact) mass is 252 g/mol. The molecular formula is C15H28N2O. The maximum absolute atomic E-state index is 5.54. The van der Waals surface area contributed by atoms with Gasteiger partial charge in [0.25, 0.3) is 0 Å². The summed E-state index contributed by atoms with van der Waals surface area (Å²) in [7, 11) is 0. The van der Waals surface area contributed by atoms with E-state index in [4.69, 9.17) is 4.74 Å². The van der Waals surface area contributed by atoms with E-state index in [1.165, 1.54) is 51.7 Å². The van der Waals surface area contributed by atoms with Crippen molar-refractivity contribution < 1.29 is 4.74 Å². The van der Waals surface area contributed by atoms with Crippen LogP contribution >= 0.6 is 0 Å². The molecule has 104 valence electrons. The highest BCUT2D eigenvalue weighted by atomic mass is 16.5. The molecule has 3 aliphatic rings. The van der Waals surface area contributed by atoms with Crippen molar-refractivity contribution in [2.75, 3.05) is 32.8 Å². The van der Waals surface area contributed by atoms with E-state index in [1.54, 1.807) is 0 Å². The van der Waals surface area contributed by atoms with Gasteiger partial charge in [-0.2, -0.15) is 0 Å². The van der Waals surface area contributed by atoms with E-state index < -0.39 is 0 Å². The summed E-state index contributed by atoms with van der Waals surface area (Å²) in [5.74, 6) is 1.79. The fraction of sp³-hybridized carbons (Fsp3) is 1.00. The third-order valence-corrected chi connectivity index (χ3v) is 4.86. The van der Waals surface area contributed by atoms with Crippen LogP contribution in [0.25, 0.3) is 0 Å². The van der Waals surface area contributed by atoms with Gasteiger partial charge in [-0.05, 0) is 37.5 Å². The molecule has 3 atom stereocenters. The van der Waals surface area contributed by atoms with E-state index in [-0.39, 0.29) is 0 Å². The molecule has 2 heterocycles. The van der Waals surface area contributed by atoms with Crippen LogP contribution in [0.1, 0.15) is 39.0 Å². The van der Waals surface area contributed by atoms with Crippen molar-refractivity contribution in [2.45, 2.75) is 51.1 Å². The SMILES string of the molecule is CCCC1CN(CC2CCOC2)C(C2CC2)CN1. The second-order valence-electron chi connectivity index (χ2n) is 6.48. The molecule has 2 saturated heterocycles. The fourth-order valence-electron chi connectivity index (χ4n) is 3.66. The molecule has 3 nitrogen and oxygen atoms in total. The molecule has 0 radical (unpaired) electrons. The Kier molecular flexibility index (Phi) is 4.22. The molecule has 0 aromatic carbocycles. The summed E-state index contributed by atoms with van der Waals surface area (Å²) in [6.07, 6.45) is 6.83. The van der Waals surface area contributed by atoms with Crippen molar-refractivity contribution in [1.29, 1.82) is 0 Å². The summed E-state index contributed by atoms with van der Waals surface area (Å²) in [4.78, 5) is 2.80. The molecule has 3 heteroatoms. The summed E-state index contributed by atoms with van der Waals surface area (Å²) < 4.78 is 5.54. The largest absolute Gasteiger partial charge is 0.381 e. The highest BCUT2D eigenvalue weighted by molar-refractivity contribution is 4.95. The van der Waals surface area contributed by atoms with E-state index in [0.29, 0.717) is 0 Å². The number of rotatable bonds is 5. The molecular weight excluding hydrogens is 224 g/mol. The summed E-state index contributed by atoms with van der Waals surface area (Å²) in [6.45, 7) is 8.06. The zero-order chi connectivity index (χ0) is 12.4. The molecule has 0 bridgehead atoms. The standard InChI is InChI=1S/C15H28N2O/c1-2-3-14-10-17(9-12-6-7-18-11-12)15(8-16-14)13-4-5-13/h12-16H,2-11H2,1H3. The first-order valence-corrected chi connectivity index (χ1v) is 7.92. The highest BCUT2D eigenvalue weighted by Crippen LogP contribution is 2.37. The van der Waals surface area contributed by atoms with Crippen molar-refractivity contribution in [1.82, 2.24) is 10.2 Å². The Balaban J connectivity index is 1.57. The van der Waals surface area contributed by atoms with Crippen molar-refractivity contribution in [2.24, 2.45) is 11.8 Å². The van der Waals surface area contributed by atoms with Crippen molar-refractivity contribution >= 4 is 0 Å². The van der Waals surface area contributed by atoms with Crippen LogP contribution in [0.2, 0.25) is 0 Å². The Morgan fingerprint density at radius 3 is 2.83 bits per heavy atom. The van der Waals surface area contributed by atoms with Gasteiger partial charge >= 0.3 is 0 Å². The Hall–Kier alpha value is -0.120. The maximum atomic E-state index is 5.54. The molecule has 3 rings (SSSR count). The van der Waals surface area contributed by atoms with E-state index in [2.05, 4.69) is 17.1 Å². The molecule has 1 N–H and O–H groups in total. The highest BCUT2D eigenvalue weighted by Gasteiger charge is 2.39. The van der Waals surface area contributed by atoms with Crippen molar-refractivity contribution in [3.8, 4) is 0 Å². The summed E-state index contributed by atoms with van der Waals surface area (Å²) in [6, 6.07) is 1.55. The van der Waals surface area contributed by atoms with E-state index in [0.717, 1.165) is 37.1 Å². The van der Waals surface area contributed by atoms with Gasteiger partial charge in [-0.3, -0.25) is 4.90 Å². The van der Waals surface area contributed by atoms with Crippen LogP contribution < -0.4 is 5.32 Å². The van der Waals surface area contributed by atoms with Crippen LogP contribution in [-0.2, 0) is 4.74 Å². The molecule has 1 saturated carbocycles. The lowest BCUT2D eigenvalue weighted by molar-refractivity contribution is 0.0876. The first kappa shape index (κ1) is 12.9. The molecule has 0 amide bonds. The number of nitrogens with zero attached hydrogens (tertiary/aromatic N) is 1. The predicted molar refractivity (Wildman–Crippen MR) is 73.7 cm³/mol. The van der Waals surface area contributed by atoms with Crippen LogP contribution in [0, 0.1) is 11.8 Å². The minimum absolute atomic E-state index is 0.729. The average Bonchev–Trinajstić information content (AvgIpc) is 3.08. The van der Waals surface area contributed by atoms with Crippen molar-refractivity contribution in [3.05, 3.63) is 0 Å². The molecule has 0 spiro atoms. The minimum Gasteiger partial charge on any atom is -0.381 e. The lowest BCUT2D eigenvalue weighted by Gasteiger charge is -2.42. The van der Waals surface area contributed by atoms with Crippen LogP contribution in [0.15, 0.2) is 0 Å². The van der Waals surface area contributed by atoms with Crippen molar-refractivity contribution in [3.63, 3.8) is 0 Å². The van der Waals surface area contributed by atoms with Gasteiger partial charge in [-0.1, -0.05) is 13.3 Å². The van der Waals surface area contributed by atoms with Gasteiger partial charge in [0, 0.05) is 38.3 Å². The molecule has 0 aromatic rings. The molecule has 3 unspecified atom stereocenters. The van der Waals surface area contributed by atoms with Gasteiger partial charge in [0.05, 0.1) is 6.61 Å². The van der Waals surface area contributed by atoms with Gasteiger partial charge in [-0.15, -0.1) is 0 Å². The summed E-state index contributed by atoms with van der Waals surface area (Å²) in [5.41, 5.74) is 0. The maximum Gasteiger partial charge on any atom is 0.0507 e. The molecule has 3 fully saturated rings. The second kappa shape index (κ2) is 5.89. The lowest BCUT2D eigenvalue weighted by Crippen LogP contribution is -2.58. The summed E-state index contributed by atoms with van der Waals surface area (Å²) in [5, 5.41) is 3.77. The smallest absolute Gasteiger partial charge is 0.0507 e. The van der Waals surface area contributed by atoms with E-state index >= 15 is 0 Å². The predicted octanol–water partition coefficient (Wildman–Crippen LogP) is 1.88. The minimum atomic E-state index is 0.729. The molecule has 2 aliphatic heterocycles. The molecule has 0 aromatic heterocycles. The van der Waals surface area contributed by atoms with Crippen LogP contribution in [0.5, 0.6) is 0 Å². The van der Waals surface area contributed by atoms with Crippen LogP contribution in [-0.4, -0.2) is 49.8 Å². The first-order valence-electron chi connectivity index (χ1n) is 7.92. The Morgan fingerprint density at radius 1 is 1.28 bits per heavy atom. The third kappa shape index (κ3) is 3.06. The zero-order valence-electron chi connectivity index (χ0n) is 11.7. The van der Waals surface area contributed by atoms with Gasteiger partial charge in [-0.25, -0.2) is 0 Å². The van der Waals surface area contributed by atoms with Gasteiger partial charge in [0.15, 0.2) is 0 Å². The van der Waals surface area contributed by atoms with E-state index in [1.807, 2.05) is 0 Å². The Bertz CT molecular complexity index is 261. The number of piperazine rings is 1. The number of hydrogen-bond acceptors (Lipinski definition) is 3. The first-order chi connectivity index (χ1) is 8.86. The molecule has 1 aliphatic carbocycles. The number of hydrogen-bond donors (Lipinski definition) is 1. The average molecular weight is 252 g/mol. The number of ether oxygens (including phenoxy) is 1. The lowest BCUT2D eigenvalue weighted by atomic mass is 9.99. The fourth-order valence-corrected chi connectivity index (χ4v) is 3.66. The third-order valence-electron chi connectivity index (χ3n) is 4.86. The topological polar surface area (TPSA) is 24.5 Å². The van der Waals surface area contributed by atoms with Crippen LogP contribution in [0.3, 0.4) is 0 Å². The van der Waals surface area contributed by atoms with E-state index in [9.17, 15) is 0 Å². The Labute approximate surface area is 111 Å². The quantitative estimate of drug-likeness (QED) is 0.808. The Morgan fingerprint density at radius 2 is 2.17 bits per heavy atom. The second-order valence-corrected chi connectivity index (χ2v) is 6.48. The normalized spacial score (nSPS) is 38.2.